The van der Waals surface area contributed by atoms with Crippen molar-refractivity contribution < 1.29 is 24.0 Å². The molecule has 210 valence electrons. The number of non-ortho nitro benzene ring substituents is 1. The summed E-state index contributed by atoms with van der Waals surface area (Å²) in [7, 11) is 1.50. The van der Waals surface area contributed by atoms with Gasteiger partial charge in [-0.1, -0.05) is 51.4 Å². The van der Waals surface area contributed by atoms with E-state index in [1.54, 1.807) is 24.3 Å². The number of benzene rings is 2. The van der Waals surface area contributed by atoms with E-state index in [2.05, 4.69) is 33.0 Å². The number of hydrogen-bond donors (Lipinski definition) is 1. The van der Waals surface area contributed by atoms with E-state index in [-0.39, 0.29) is 45.5 Å². The van der Waals surface area contributed by atoms with Crippen LogP contribution >= 0.6 is 11.6 Å². The van der Waals surface area contributed by atoms with Gasteiger partial charge in [-0.15, -0.1) is 0 Å². The van der Waals surface area contributed by atoms with Gasteiger partial charge in [-0.25, -0.2) is 0 Å². The number of carbonyl (C=O) groups is 2. The fraction of sp³-hybridized carbons (Fsp3) is 0.419. The molecule has 0 fully saturated rings. The first-order valence-electron chi connectivity index (χ1n) is 13.3. The van der Waals surface area contributed by atoms with Crippen LogP contribution in [0.5, 0.6) is 11.5 Å². The topological polar surface area (TPSA) is 108 Å². The van der Waals surface area contributed by atoms with Crippen LogP contribution in [0.25, 0.3) is 0 Å². The summed E-state index contributed by atoms with van der Waals surface area (Å²) in [4.78, 5) is 37.9. The van der Waals surface area contributed by atoms with Crippen molar-refractivity contribution in [1.29, 1.82) is 0 Å². The number of nitrogens with one attached hydrogen (secondary N) is 1. The second-order valence-electron chi connectivity index (χ2n) is 12.5. The van der Waals surface area contributed by atoms with Gasteiger partial charge in [0.1, 0.15) is 6.61 Å². The number of carbonyl (C=O) groups excluding carboxylic acids is 2. The van der Waals surface area contributed by atoms with Crippen molar-refractivity contribution in [2.75, 3.05) is 7.11 Å². The summed E-state index contributed by atoms with van der Waals surface area (Å²) in [6.07, 6.45) is 2.18. The Bertz CT molecular complexity index is 1450. The lowest BCUT2D eigenvalue weighted by atomic mass is 9.64. The smallest absolute Gasteiger partial charge is 0.269 e. The number of allylic oxidation sites excluding steroid dienone is 4. The van der Waals surface area contributed by atoms with Gasteiger partial charge in [0.05, 0.1) is 17.1 Å². The zero-order chi connectivity index (χ0) is 29.0. The average molecular weight is 565 g/mol. The Morgan fingerprint density at radius 2 is 1.57 bits per heavy atom. The van der Waals surface area contributed by atoms with Gasteiger partial charge in [0.25, 0.3) is 5.69 Å². The Morgan fingerprint density at radius 3 is 2.12 bits per heavy atom. The van der Waals surface area contributed by atoms with Crippen LogP contribution in [-0.2, 0) is 16.2 Å². The maximum absolute atomic E-state index is 13.6. The first-order valence-corrected chi connectivity index (χ1v) is 13.7. The molecule has 1 heterocycles. The van der Waals surface area contributed by atoms with E-state index in [9.17, 15) is 19.7 Å². The highest BCUT2D eigenvalue weighted by atomic mass is 35.5. The second-order valence-corrected chi connectivity index (χ2v) is 12.9. The molecule has 8 nitrogen and oxygen atoms in total. The van der Waals surface area contributed by atoms with Gasteiger partial charge >= 0.3 is 0 Å². The number of ether oxygens (including phenoxy) is 2. The van der Waals surface area contributed by atoms with Crippen LogP contribution in [0.1, 0.15) is 70.4 Å². The van der Waals surface area contributed by atoms with E-state index in [4.69, 9.17) is 21.1 Å². The Hall–Kier alpha value is -3.65. The van der Waals surface area contributed by atoms with Crippen LogP contribution in [0.4, 0.5) is 5.69 Å². The minimum Gasteiger partial charge on any atom is -0.493 e. The fourth-order valence-corrected chi connectivity index (χ4v) is 6.46. The predicted octanol–water partition coefficient (Wildman–Crippen LogP) is 6.81. The number of dihydropyridines is 1. The molecule has 0 saturated heterocycles. The zero-order valence-corrected chi connectivity index (χ0v) is 24.1. The van der Waals surface area contributed by atoms with E-state index in [0.29, 0.717) is 53.7 Å². The average Bonchev–Trinajstić information content (AvgIpc) is 2.85. The molecule has 3 aliphatic rings. The Labute approximate surface area is 238 Å². The molecule has 5 rings (SSSR count). The normalized spacial score (nSPS) is 20.1. The summed E-state index contributed by atoms with van der Waals surface area (Å²) < 4.78 is 11.6. The molecule has 0 bridgehead atoms. The summed E-state index contributed by atoms with van der Waals surface area (Å²) in [5.41, 5.74) is 3.85. The van der Waals surface area contributed by atoms with Crippen molar-refractivity contribution in [2.24, 2.45) is 10.8 Å². The van der Waals surface area contributed by atoms with E-state index >= 15 is 0 Å². The second kappa shape index (κ2) is 10.1. The lowest BCUT2D eigenvalue weighted by Gasteiger charge is -2.44. The van der Waals surface area contributed by atoms with Crippen molar-refractivity contribution in [3.8, 4) is 11.5 Å². The molecule has 1 N–H and O–H groups in total. The third kappa shape index (κ3) is 5.24. The standard InChI is InChI=1S/C31H33ClN2O6/c1-30(2)12-21-27(23(35)14-30)26(28-22(33-21)13-31(3,4)15-24(28)36)18-10-20(32)29(25(11-18)39-5)40-16-17-7-6-8-19(9-17)34(37)38/h6-11,26,33H,12-16H2,1-5H3. The number of Topliss-reactive ketones (excluding diaryl/α,β-unsaturated/α-hetero) is 2. The van der Waals surface area contributed by atoms with Crippen LogP contribution in [0.15, 0.2) is 58.9 Å². The number of nitro benzene ring substituents is 1. The van der Waals surface area contributed by atoms with Crippen LogP contribution in [0, 0.1) is 20.9 Å². The van der Waals surface area contributed by atoms with Gasteiger partial charge in [0.2, 0.25) is 0 Å². The quantitative estimate of drug-likeness (QED) is 0.303. The summed E-state index contributed by atoms with van der Waals surface area (Å²) in [6.45, 7) is 8.37. The van der Waals surface area contributed by atoms with Gasteiger partial charge in [-0.2, -0.15) is 0 Å². The Kier molecular flexibility index (Phi) is 7.03. The maximum Gasteiger partial charge on any atom is 0.269 e. The molecule has 2 aromatic carbocycles. The number of hydrogen-bond acceptors (Lipinski definition) is 7. The van der Waals surface area contributed by atoms with Crippen molar-refractivity contribution in [3.63, 3.8) is 0 Å². The Balaban J connectivity index is 1.57. The van der Waals surface area contributed by atoms with E-state index in [0.717, 1.165) is 11.4 Å². The molecule has 0 amide bonds. The van der Waals surface area contributed by atoms with Crippen LogP contribution < -0.4 is 14.8 Å². The number of nitro groups is 1. The van der Waals surface area contributed by atoms with Crippen LogP contribution in [0.3, 0.4) is 0 Å². The molecular formula is C31H33ClN2O6. The first-order chi connectivity index (χ1) is 18.8. The predicted molar refractivity (Wildman–Crippen MR) is 151 cm³/mol. The van der Waals surface area contributed by atoms with Crippen molar-refractivity contribution >= 4 is 28.9 Å². The van der Waals surface area contributed by atoms with Crippen molar-refractivity contribution in [1.82, 2.24) is 5.32 Å². The number of halogens is 1. The van der Waals surface area contributed by atoms with E-state index in [1.807, 2.05) is 0 Å². The molecule has 0 spiro atoms. The fourth-order valence-electron chi connectivity index (χ4n) is 6.18. The molecule has 40 heavy (non-hydrogen) atoms. The lowest BCUT2D eigenvalue weighted by Crippen LogP contribution is -2.42. The maximum atomic E-state index is 13.6. The molecule has 0 radical (unpaired) electrons. The molecule has 0 atom stereocenters. The highest BCUT2D eigenvalue weighted by Gasteiger charge is 2.46. The van der Waals surface area contributed by atoms with Gasteiger partial charge in [-0.3, -0.25) is 19.7 Å². The largest absolute Gasteiger partial charge is 0.493 e. The number of rotatable bonds is 6. The molecular weight excluding hydrogens is 532 g/mol. The first kappa shape index (κ1) is 27.9. The van der Waals surface area contributed by atoms with E-state index in [1.165, 1.54) is 19.2 Å². The zero-order valence-electron chi connectivity index (χ0n) is 23.4. The van der Waals surface area contributed by atoms with Gasteiger partial charge in [0.15, 0.2) is 23.1 Å². The Morgan fingerprint density at radius 1 is 0.975 bits per heavy atom. The highest BCUT2D eigenvalue weighted by Crippen LogP contribution is 2.52. The summed E-state index contributed by atoms with van der Waals surface area (Å²) in [6, 6.07) is 9.69. The van der Waals surface area contributed by atoms with Crippen LogP contribution in [-0.4, -0.2) is 23.6 Å². The molecule has 2 aliphatic carbocycles. The van der Waals surface area contributed by atoms with Crippen molar-refractivity contribution in [3.05, 3.63) is 85.2 Å². The molecule has 9 heteroatoms. The minimum atomic E-state index is -0.560. The SMILES string of the molecule is COc1cc(C2C3=C(CC(C)(C)CC3=O)NC3=C2C(=O)CC(C)(C)C3)cc(Cl)c1OCc1cccc([N+](=O)[O-])c1. The number of ketones is 2. The number of methoxy groups -OCH3 is 1. The van der Waals surface area contributed by atoms with Crippen molar-refractivity contribution in [2.45, 2.75) is 65.9 Å². The van der Waals surface area contributed by atoms with Gasteiger partial charge < -0.3 is 14.8 Å². The minimum absolute atomic E-state index is 0.0222. The molecule has 0 unspecified atom stereocenters. The summed E-state index contributed by atoms with van der Waals surface area (Å²) in [5, 5.41) is 14.9. The molecule has 1 aliphatic heterocycles. The van der Waals surface area contributed by atoms with Gasteiger partial charge in [0, 0.05) is 53.4 Å². The third-order valence-corrected chi connectivity index (χ3v) is 8.09. The van der Waals surface area contributed by atoms with Gasteiger partial charge in [-0.05, 0) is 46.9 Å². The molecule has 0 aromatic heterocycles. The summed E-state index contributed by atoms with van der Waals surface area (Å²) >= 11 is 6.76. The summed E-state index contributed by atoms with van der Waals surface area (Å²) in [5.74, 6) is 0.116. The number of nitrogens with zero attached hydrogens (tertiary/aromatic N) is 1. The molecule has 2 aromatic rings. The lowest BCUT2D eigenvalue weighted by molar-refractivity contribution is -0.384. The highest BCUT2D eigenvalue weighted by molar-refractivity contribution is 6.32. The monoisotopic (exact) mass is 564 g/mol. The molecule has 0 saturated carbocycles. The van der Waals surface area contributed by atoms with Crippen LogP contribution in [0.2, 0.25) is 5.02 Å². The van der Waals surface area contributed by atoms with E-state index < -0.39 is 10.8 Å². The third-order valence-electron chi connectivity index (χ3n) is 7.81.